The van der Waals surface area contributed by atoms with Gasteiger partial charge in [-0.05, 0) is 49.4 Å². The van der Waals surface area contributed by atoms with Gasteiger partial charge in [0.2, 0.25) is 0 Å². The molecule has 2 aliphatic rings. The monoisotopic (exact) mass is 585 g/mol. The van der Waals surface area contributed by atoms with Crippen LogP contribution in [-0.4, -0.2) is 48.6 Å². The Morgan fingerprint density at radius 1 is 0.952 bits per heavy atom. The summed E-state index contributed by atoms with van der Waals surface area (Å²) in [6.45, 7) is 4.87. The molecular formula is C31H31F4N3O4. The first-order valence-corrected chi connectivity index (χ1v) is 13.8. The van der Waals surface area contributed by atoms with Crippen LogP contribution in [0.1, 0.15) is 38.7 Å². The highest BCUT2D eigenvalue weighted by molar-refractivity contribution is 6.05. The Morgan fingerprint density at radius 2 is 1.67 bits per heavy atom. The van der Waals surface area contributed by atoms with E-state index in [1.54, 1.807) is 41.1 Å². The van der Waals surface area contributed by atoms with E-state index in [1.165, 1.54) is 12.1 Å². The summed E-state index contributed by atoms with van der Waals surface area (Å²) < 4.78 is 67.5. The van der Waals surface area contributed by atoms with E-state index in [-0.39, 0.29) is 29.9 Å². The maximum Gasteiger partial charge on any atom is 0.305 e. The molecule has 1 saturated heterocycles. The minimum atomic E-state index is -1.00. The first-order chi connectivity index (χ1) is 20.1. The number of hydrogen-bond acceptors (Lipinski definition) is 6. The van der Waals surface area contributed by atoms with E-state index in [0.29, 0.717) is 55.3 Å². The third-order valence-corrected chi connectivity index (χ3v) is 7.62. The van der Waals surface area contributed by atoms with Crippen molar-refractivity contribution >= 4 is 23.1 Å². The van der Waals surface area contributed by atoms with Crippen LogP contribution >= 0.6 is 0 Å². The quantitative estimate of drug-likeness (QED) is 0.293. The number of ether oxygens (including phenoxy) is 2. The highest BCUT2D eigenvalue weighted by atomic mass is 19.2. The van der Waals surface area contributed by atoms with Gasteiger partial charge in [0.1, 0.15) is 17.6 Å². The van der Waals surface area contributed by atoms with E-state index >= 15 is 0 Å². The number of halogens is 4. The summed E-state index contributed by atoms with van der Waals surface area (Å²) in [5.74, 6) is -4.31. The fourth-order valence-electron chi connectivity index (χ4n) is 5.46. The molecule has 0 spiro atoms. The number of carboxylic acid groups (broad SMARTS) is 1. The average molecular weight is 586 g/mol. The second-order valence-corrected chi connectivity index (χ2v) is 10.4. The van der Waals surface area contributed by atoms with Crippen LogP contribution in [0.3, 0.4) is 0 Å². The largest absolute Gasteiger partial charge is 0.494 e. The standard InChI is InChI=1S/C31H31F4N3O4/c1-3-41-23-15-26(34)30(35)28(16-23)37-12-10-22(11-13-37)42-21-7-5-20(6-8-21)38-27(17-29(39)40)18(2)31(36-38)19-4-9-24(32)25(33)14-19/h4-9,14-16,18,22,27H,3,10-13,17H2,1-2H3,(H,39,40)/t18-,27-/m0/s1. The number of nitrogens with zero attached hydrogens (tertiary/aromatic N) is 3. The predicted molar refractivity (Wildman–Crippen MR) is 150 cm³/mol. The molecule has 1 N–H and O–H groups in total. The molecule has 11 heteroatoms. The molecule has 2 aliphatic heterocycles. The van der Waals surface area contributed by atoms with Gasteiger partial charge in [0, 0.05) is 49.5 Å². The smallest absolute Gasteiger partial charge is 0.305 e. The third-order valence-electron chi connectivity index (χ3n) is 7.62. The van der Waals surface area contributed by atoms with Crippen molar-refractivity contribution in [1.29, 1.82) is 0 Å². The molecule has 0 aromatic heterocycles. The molecule has 0 saturated carbocycles. The molecule has 0 amide bonds. The topological polar surface area (TPSA) is 74.6 Å². The van der Waals surface area contributed by atoms with E-state index in [1.807, 2.05) is 6.92 Å². The van der Waals surface area contributed by atoms with Crippen molar-refractivity contribution in [3.63, 3.8) is 0 Å². The molecule has 0 radical (unpaired) electrons. The minimum absolute atomic E-state index is 0.139. The summed E-state index contributed by atoms with van der Waals surface area (Å²) in [7, 11) is 0. The lowest BCUT2D eigenvalue weighted by molar-refractivity contribution is -0.137. The fraction of sp³-hybridized carbons (Fsp3) is 0.355. The number of piperidine rings is 1. The van der Waals surface area contributed by atoms with Crippen molar-refractivity contribution < 1.29 is 36.9 Å². The van der Waals surface area contributed by atoms with Crippen LogP contribution < -0.4 is 19.4 Å². The van der Waals surface area contributed by atoms with Crippen molar-refractivity contribution in [3.05, 3.63) is 83.4 Å². The SMILES string of the molecule is CCOc1cc(F)c(F)c(N2CCC(Oc3ccc(N4N=C(c5ccc(F)c(F)c5)[C@@H](C)[C@@H]4CC(=O)O)cc3)CC2)c1. The Bertz CT molecular complexity index is 1480. The van der Waals surface area contributed by atoms with Gasteiger partial charge >= 0.3 is 5.97 Å². The molecule has 0 bridgehead atoms. The molecule has 2 atom stereocenters. The Hall–Kier alpha value is -4.28. The van der Waals surface area contributed by atoms with Crippen molar-refractivity contribution in [2.75, 3.05) is 29.6 Å². The van der Waals surface area contributed by atoms with Crippen LogP contribution in [0.2, 0.25) is 0 Å². The van der Waals surface area contributed by atoms with Crippen molar-refractivity contribution in [2.24, 2.45) is 11.0 Å². The maximum atomic E-state index is 14.5. The lowest BCUT2D eigenvalue weighted by Crippen LogP contribution is -2.38. The van der Waals surface area contributed by atoms with Gasteiger partial charge < -0.3 is 19.5 Å². The molecular weight excluding hydrogens is 554 g/mol. The molecule has 3 aromatic rings. The summed E-state index contributed by atoms with van der Waals surface area (Å²) in [4.78, 5) is 13.4. The van der Waals surface area contributed by atoms with Gasteiger partial charge in [0.15, 0.2) is 23.3 Å². The third kappa shape index (κ3) is 6.14. The van der Waals surface area contributed by atoms with Crippen LogP contribution in [0.4, 0.5) is 28.9 Å². The molecule has 2 heterocycles. The Labute approximate surface area is 241 Å². The summed E-state index contributed by atoms with van der Waals surface area (Å²) in [6.07, 6.45) is 0.841. The Kier molecular flexibility index (Phi) is 8.56. The van der Waals surface area contributed by atoms with E-state index in [0.717, 1.165) is 18.2 Å². The number of anilines is 2. The van der Waals surface area contributed by atoms with Gasteiger partial charge in [-0.25, -0.2) is 17.6 Å². The molecule has 3 aromatic carbocycles. The number of hydrogen-bond donors (Lipinski definition) is 1. The van der Waals surface area contributed by atoms with Crippen molar-refractivity contribution in [1.82, 2.24) is 0 Å². The van der Waals surface area contributed by atoms with Crippen LogP contribution in [-0.2, 0) is 4.79 Å². The first kappa shape index (κ1) is 29.2. The van der Waals surface area contributed by atoms with E-state index in [4.69, 9.17) is 9.47 Å². The average Bonchev–Trinajstić information content (AvgIpc) is 3.28. The second-order valence-electron chi connectivity index (χ2n) is 10.4. The summed E-state index contributed by atoms with van der Waals surface area (Å²) in [5.41, 5.74) is 1.65. The summed E-state index contributed by atoms with van der Waals surface area (Å²) >= 11 is 0. The molecule has 5 rings (SSSR count). The van der Waals surface area contributed by atoms with Gasteiger partial charge in [-0.2, -0.15) is 5.10 Å². The Balaban J connectivity index is 1.27. The predicted octanol–water partition coefficient (Wildman–Crippen LogP) is 6.39. The maximum absolute atomic E-state index is 14.5. The highest BCUT2D eigenvalue weighted by Crippen LogP contribution is 2.35. The number of benzene rings is 3. The minimum Gasteiger partial charge on any atom is -0.494 e. The van der Waals surface area contributed by atoms with Crippen LogP contribution in [0.5, 0.6) is 11.5 Å². The molecule has 222 valence electrons. The van der Waals surface area contributed by atoms with E-state index in [9.17, 15) is 27.5 Å². The van der Waals surface area contributed by atoms with Gasteiger partial charge in [-0.1, -0.05) is 6.92 Å². The molecule has 42 heavy (non-hydrogen) atoms. The lowest BCUT2D eigenvalue weighted by Gasteiger charge is -2.34. The first-order valence-electron chi connectivity index (χ1n) is 13.8. The van der Waals surface area contributed by atoms with Crippen molar-refractivity contribution in [3.8, 4) is 11.5 Å². The second kappa shape index (κ2) is 12.3. The van der Waals surface area contributed by atoms with E-state index < -0.39 is 35.3 Å². The summed E-state index contributed by atoms with van der Waals surface area (Å²) in [6, 6.07) is 12.6. The van der Waals surface area contributed by atoms with Gasteiger partial charge in [0.25, 0.3) is 0 Å². The number of aliphatic carboxylic acids is 1. The lowest BCUT2D eigenvalue weighted by atomic mass is 9.91. The van der Waals surface area contributed by atoms with Gasteiger partial charge in [0.05, 0.1) is 36.2 Å². The molecule has 0 aliphatic carbocycles. The van der Waals surface area contributed by atoms with Gasteiger partial charge in [-0.15, -0.1) is 0 Å². The zero-order valence-electron chi connectivity index (χ0n) is 23.2. The van der Waals surface area contributed by atoms with Gasteiger partial charge in [-0.3, -0.25) is 9.80 Å². The highest BCUT2D eigenvalue weighted by Gasteiger charge is 2.37. The number of hydrazone groups is 1. The number of rotatable bonds is 9. The Morgan fingerprint density at radius 3 is 2.31 bits per heavy atom. The number of carboxylic acids is 1. The molecule has 0 unspecified atom stereocenters. The summed E-state index contributed by atoms with van der Waals surface area (Å²) in [5, 5.41) is 15.7. The van der Waals surface area contributed by atoms with Crippen LogP contribution in [0.25, 0.3) is 0 Å². The van der Waals surface area contributed by atoms with Crippen LogP contribution in [0, 0.1) is 29.2 Å². The zero-order chi connectivity index (χ0) is 30.0. The molecule has 7 nitrogen and oxygen atoms in total. The van der Waals surface area contributed by atoms with Crippen molar-refractivity contribution in [2.45, 2.75) is 45.3 Å². The molecule has 1 fully saturated rings. The zero-order valence-corrected chi connectivity index (χ0v) is 23.2. The normalized spacial score (nSPS) is 19.1. The van der Waals surface area contributed by atoms with Crippen LogP contribution in [0.15, 0.2) is 59.7 Å². The fourth-order valence-corrected chi connectivity index (χ4v) is 5.46. The van der Waals surface area contributed by atoms with E-state index in [2.05, 4.69) is 5.10 Å². The number of carbonyl (C=O) groups is 1.